The number of aromatic nitrogens is 2. The van der Waals surface area contributed by atoms with Crippen molar-refractivity contribution in [3.63, 3.8) is 0 Å². The standard InChI is InChI=1S/C6H9ClN2O.C5H7N.C3H5ClO.2C2H6.H3N/c7-2-6(10)1-5-3-8-9-4-5;1-5-2-3-6-4-5;4-1-3-2-5-3;2*1-2;/h3-4,6,10H,1-2H2,(H,8,9);2,4H,3H2,1H3;3H,1-2H2;2*1-2H3;1H3/t6-;;;;;/m1...../s1. The van der Waals surface area contributed by atoms with Crippen LogP contribution < -0.4 is 6.15 Å². The van der Waals surface area contributed by atoms with E-state index in [2.05, 4.69) is 28.2 Å². The molecular weight excluding hydrogens is 375 g/mol. The van der Waals surface area contributed by atoms with Crippen molar-refractivity contribution in [3.05, 3.63) is 29.6 Å². The molecule has 0 saturated carbocycles. The second-order valence-corrected chi connectivity index (χ2v) is 5.29. The van der Waals surface area contributed by atoms with Crippen LogP contribution in [-0.2, 0) is 11.2 Å². The molecule has 6 nitrogen and oxygen atoms in total. The summed E-state index contributed by atoms with van der Waals surface area (Å²) in [7, 11) is 0. The number of aliphatic imine (C=N–C) groups is 1. The second-order valence-electron chi connectivity index (χ2n) is 4.67. The second kappa shape index (κ2) is 22.1. The maximum Gasteiger partial charge on any atom is 0.0944 e. The maximum absolute atomic E-state index is 9.06. The first kappa shape index (κ1) is 29.8. The number of epoxide rings is 1. The first-order valence-electron chi connectivity index (χ1n) is 8.71. The number of hydrogen-bond acceptors (Lipinski definition) is 5. The number of ether oxygens (including phenoxy) is 1. The van der Waals surface area contributed by atoms with Crippen molar-refractivity contribution in [2.75, 3.05) is 24.9 Å². The molecule has 2 aliphatic heterocycles. The third kappa shape index (κ3) is 19.4. The Labute approximate surface area is 168 Å². The third-order valence-corrected chi connectivity index (χ3v) is 3.29. The van der Waals surface area contributed by atoms with E-state index in [1.165, 1.54) is 5.57 Å². The van der Waals surface area contributed by atoms with Crippen LogP contribution in [0.3, 0.4) is 0 Å². The molecule has 0 aromatic carbocycles. The van der Waals surface area contributed by atoms with Gasteiger partial charge in [0.25, 0.3) is 0 Å². The van der Waals surface area contributed by atoms with Crippen LogP contribution in [0.2, 0.25) is 0 Å². The molecule has 1 fully saturated rings. The molecule has 3 rings (SSSR count). The van der Waals surface area contributed by atoms with Crippen LogP contribution >= 0.6 is 23.2 Å². The predicted octanol–water partition coefficient (Wildman–Crippen LogP) is 4.41. The lowest BCUT2D eigenvalue weighted by Crippen LogP contribution is -2.11. The summed E-state index contributed by atoms with van der Waals surface area (Å²) in [5.74, 6) is 0.936. The minimum absolute atomic E-state index is 0. The van der Waals surface area contributed by atoms with Gasteiger partial charge >= 0.3 is 0 Å². The zero-order valence-corrected chi connectivity index (χ0v) is 18.2. The Morgan fingerprint density at radius 3 is 2.15 bits per heavy atom. The monoisotopic (exact) mass is 410 g/mol. The lowest BCUT2D eigenvalue weighted by molar-refractivity contribution is 0.199. The highest BCUT2D eigenvalue weighted by atomic mass is 35.5. The topological polar surface area (TPSA) is 109 Å². The number of allylic oxidation sites excluding steroid dienone is 1. The average Bonchev–Trinajstić information content (AvgIpc) is 3.16. The Kier molecular flexibility index (Phi) is 25.4. The molecule has 5 N–H and O–H groups in total. The molecule has 3 heterocycles. The summed E-state index contributed by atoms with van der Waals surface area (Å²) in [6, 6.07) is 0. The third-order valence-electron chi connectivity index (χ3n) is 2.59. The van der Waals surface area contributed by atoms with Crippen LogP contribution in [0, 0.1) is 0 Å². The highest BCUT2D eigenvalue weighted by Crippen LogP contribution is 2.08. The van der Waals surface area contributed by atoms with E-state index < -0.39 is 6.10 Å². The zero-order valence-electron chi connectivity index (χ0n) is 16.7. The molecule has 1 aromatic rings. The van der Waals surface area contributed by atoms with Gasteiger partial charge in [0, 0.05) is 24.7 Å². The summed E-state index contributed by atoms with van der Waals surface area (Å²) in [4.78, 5) is 3.95. The van der Waals surface area contributed by atoms with Gasteiger partial charge in [0.1, 0.15) is 0 Å². The lowest BCUT2D eigenvalue weighted by atomic mass is 10.2. The molecule has 26 heavy (non-hydrogen) atoms. The summed E-state index contributed by atoms with van der Waals surface area (Å²) >= 11 is 10.7. The Bertz CT molecular complexity index is 434. The number of nitrogens with zero attached hydrogens (tertiary/aromatic N) is 2. The van der Waals surface area contributed by atoms with Crippen LogP contribution in [0.5, 0.6) is 0 Å². The highest BCUT2D eigenvalue weighted by molar-refractivity contribution is 6.18. The van der Waals surface area contributed by atoms with Gasteiger partial charge in [-0.3, -0.25) is 10.1 Å². The summed E-state index contributed by atoms with van der Waals surface area (Å²) in [5, 5.41) is 15.4. The molecular formula is C18H36Cl2N4O2. The first-order chi connectivity index (χ1) is 12.2. The average molecular weight is 411 g/mol. The lowest BCUT2D eigenvalue weighted by Gasteiger charge is -2.01. The SMILES string of the molecule is CC.CC.CC1=CCN=C1.ClCC1CO1.N.O[C@@H](CCl)Cc1cn[nH]c1. The fourth-order valence-corrected chi connectivity index (χ4v) is 1.61. The normalized spacial score (nSPS) is 16.5. The van der Waals surface area contributed by atoms with E-state index >= 15 is 0 Å². The van der Waals surface area contributed by atoms with E-state index in [0.29, 0.717) is 18.4 Å². The van der Waals surface area contributed by atoms with Crippen molar-refractivity contribution in [1.82, 2.24) is 16.3 Å². The summed E-state index contributed by atoms with van der Waals surface area (Å²) in [6.07, 6.45) is 7.92. The minimum Gasteiger partial charge on any atom is -0.392 e. The predicted molar refractivity (Wildman–Crippen MR) is 114 cm³/mol. The maximum atomic E-state index is 9.06. The number of hydrogen-bond donors (Lipinski definition) is 3. The van der Waals surface area contributed by atoms with E-state index in [9.17, 15) is 0 Å². The fraction of sp³-hybridized carbons (Fsp3) is 0.667. The van der Waals surface area contributed by atoms with Crippen LogP contribution in [-0.4, -0.2) is 58.6 Å². The molecule has 0 amide bonds. The van der Waals surface area contributed by atoms with Crippen LogP contribution in [0.15, 0.2) is 29.0 Å². The number of aliphatic hydroxyl groups is 1. The molecule has 2 atom stereocenters. The number of H-pyrrole nitrogens is 1. The molecule has 154 valence electrons. The largest absolute Gasteiger partial charge is 0.392 e. The quantitative estimate of drug-likeness (QED) is 0.504. The zero-order chi connectivity index (χ0) is 19.5. The number of aromatic amines is 1. The van der Waals surface area contributed by atoms with Crippen molar-refractivity contribution in [3.8, 4) is 0 Å². The molecule has 2 aliphatic rings. The minimum atomic E-state index is -0.459. The van der Waals surface area contributed by atoms with Gasteiger partial charge < -0.3 is 16.0 Å². The Hall–Kier alpha value is -0.920. The highest BCUT2D eigenvalue weighted by Gasteiger charge is 2.19. The molecule has 0 radical (unpaired) electrons. The van der Waals surface area contributed by atoms with Crippen molar-refractivity contribution >= 4 is 29.4 Å². The van der Waals surface area contributed by atoms with E-state index in [4.69, 9.17) is 33.0 Å². The van der Waals surface area contributed by atoms with E-state index in [-0.39, 0.29) is 12.0 Å². The molecule has 0 spiro atoms. The van der Waals surface area contributed by atoms with Gasteiger partial charge in [-0.1, -0.05) is 33.8 Å². The summed E-state index contributed by atoms with van der Waals surface area (Å²) < 4.78 is 4.73. The number of nitrogens with one attached hydrogen (secondary N) is 1. The first-order valence-corrected chi connectivity index (χ1v) is 9.78. The van der Waals surface area contributed by atoms with Crippen LogP contribution in [0.4, 0.5) is 0 Å². The number of rotatable bonds is 4. The molecule has 1 unspecified atom stereocenters. The smallest absolute Gasteiger partial charge is 0.0944 e. The number of halogens is 2. The summed E-state index contributed by atoms with van der Waals surface area (Å²) in [6.45, 7) is 11.8. The molecule has 0 bridgehead atoms. The van der Waals surface area contributed by atoms with Gasteiger partial charge in [-0.2, -0.15) is 5.10 Å². The van der Waals surface area contributed by atoms with Crippen LogP contribution in [0.1, 0.15) is 40.2 Å². The van der Waals surface area contributed by atoms with Crippen LogP contribution in [0.25, 0.3) is 0 Å². The van der Waals surface area contributed by atoms with Gasteiger partial charge in [-0.05, 0) is 18.1 Å². The van der Waals surface area contributed by atoms with E-state index in [1.807, 2.05) is 33.9 Å². The molecule has 1 saturated heterocycles. The van der Waals surface area contributed by atoms with Gasteiger partial charge in [-0.15, -0.1) is 23.2 Å². The summed E-state index contributed by atoms with van der Waals surface area (Å²) in [5.41, 5.74) is 2.27. The Morgan fingerprint density at radius 2 is 1.92 bits per heavy atom. The number of alkyl halides is 2. The van der Waals surface area contributed by atoms with E-state index in [1.54, 1.807) is 12.4 Å². The van der Waals surface area contributed by atoms with Crippen molar-refractivity contribution in [2.24, 2.45) is 4.99 Å². The molecule has 8 heteroatoms. The van der Waals surface area contributed by atoms with E-state index in [0.717, 1.165) is 18.7 Å². The van der Waals surface area contributed by atoms with Crippen molar-refractivity contribution in [2.45, 2.75) is 53.2 Å². The van der Waals surface area contributed by atoms with Crippen molar-refractivity contribution < 1.29 is 9.84 Å². The fourth-order valence-electron chi connectivity index (χ4n) is 1.32. The van der Waals surface area contributed by atoms with Gasteiger partial charge in [0.15, 0.2) is 0 Å². The van der Waals surface area contributed by atoms with Gasteiger partial charge in [0.2, 0.25) is 0 Å². The Morgan fingerprint density at radius 1 is 1.31 bits per heavy atom. The number of aliphatic hydroxyl groups excluding tert-OH is 1. The molecule has 1 aromatic heterocycles. The van der Waals surface area contributed by atoms with Gasteiger partial charge in [0.05, 0.1) is 37.4 Å². The molecule has 0 aliphatic carbocycles. The Balaban J connectivity index is -0.000000287. The van der Waals surface area contributed by atoms with Gasteiger partial charge in [-0.25, -0.2) is 0 Å². The van der Waals surface area contributed by atoms with Crippen molar-refractivity contribution in [1.29, 1.82) is 0 Å².